The quantitative estimate of drug-likeness (QED) is 0.578. The van der Waals surface area contributed by atoms with Crippen LogP contribution in [0.5, 0.6) is 0 Å². The van der Waals surface area contributed by atoms with Crippen LogP contribution in [0.3, 0.4) is 0 Å². The van der Waals surface area contributed by atoms with Crippen LogP contribution in [0.4, 0.5) is 20.6 Å². The van der Waals surface area contributed by atoms with E-state index in [1.807, 2.05) is 26.8 Å². The molecule has 0 atom stereocenters. The molecule has 1 aromatic carbocycles. The van der Waals surface area contributed by atoms with E-state index >= 15 is 0 Å². The number of rotatable bonds is 3. The van der Waals surface area contributed by atoms with Crippen molar-refractivity contribution in [2.75, 3.05) is 31.1 Å². The predicted octanol–water partition coefficient (Wildman–Crippen LogP) is 3.97. The van der Waals surface area contributed by atoms with Gasteiger partial charge in [0.25, 0.3) is 0 Å². The third-order valence-electron chi connectivity index (χ3n) is 4.95. The highest BCUT2D eigenvalue weighted by Crippen LogP contribution is 2.28. The summed E-state index contributed by atoms with van der Waals surface area (Å²) in [6, 6.07) is 5.02. The Morgan fingerprint density at radius 1 is 1.12 bits per heavy atom. The van der Waals surface area contributed by atoms with Gasteiger partial charge in [-0.15, -0.1) is 0 Å². The van der Waals surface area contributed by atoms with Crippen LogP contribution in [-0.2, 0) is 4.74 Å². The van der Waals surface area contributed by atoms with Crippen LogP contribution >= 0.6 is 0 Å². The lowest BCUT2D eigenvalue weighted by Gasteiger charge is -2.37. The predicted molar refractivity (Wildman–Crippen MR) is 121 cm³/mol. The van der Waals surface area contributed by atoms with Crippen molar-refractivity contribution < 1.29 is 13.9 Å². The van der Waals surface area contributed by atoms with E-state index in [0.717, 1.165) is 5.69 Å². The summed E-state index contributed by atoms with van der Waals surface area (Å²) in [5.74, 6) is -0.443. The largest absolute Gasteiger partial charge is 0.444 e. The second kappa shape index (κ2) is 8.86. The summed E-state index contributed by atoms with van der Waals surface area (Å²) in [5.41, 5.74) is 2.34. The fourth-order valence-electron chi connectivity index (χ4n) is 3.47. The highest BCUT2D eigenvalue weighted by atomic mass is 19.1. The van der Waals surface area contributed by atoms with E-state index in [-0.39, 0.29) is 11.6 Å². The molecule has 2 aromatic heterocycles. The van der Waals surface area contributed by atoms with Crippen LogP contribution in [0.1, 0.15) is 26.3 Å². The van der Waals surface area contributed by atoms with E-state index in [1.54, 1.807) is 29.6 Å². The van der Waals surface area contributed by atoms with Crippen LogP contribution in [0.2, 0.25) is 0 Å². The lowest BCUT2D eigenvalue weighted by molar-refractivity contribution is 0.0240. The number of aromatic nitrogens is 3. The van der Waals surface area contributed by atoms with Gasteiger partial charge in [-0.1, -0.05) is 0 Å². The Bertz CT molecular complexity index is 1150. The Hall–Kier alpha value is -3.62. The van der Waals surface area contributed by atoms with Gasteiger partial charge in [-0.2, -0.15) is 0 Å². The number of benzene rings is 1. The maximum atomic E-state index is 14.3. The summed E-state index contributed by atoms with van der Waals surface area (Å²) < 4.78 is 19.8. The van der Waals surface area contributed by atoms with Crippen LogP contribution in [-0.4, -0.2) is 63.9 Å². The van der Waals surface area contributed by atoms with E-state index in [0.29, 0.717) is 42.9 Å². The van der Waals surface area contributed by atoms with Crippen molar-refractivity contribution in [2.45, 2.75) is 26.4 Å². The molecule has 9 heteroatoms. The lowest BCUT2D eigenvalue weighted by atomic mass is 10.2. The first-order chi connectivity index (χ1) is 15.3. The number of piperazine rings is 1. The molecule has 0 N–H and O–H groups in total. The van der Waals surface area contributed by atoms with E-state index < -0.39 is 11.4 Å². The lowest BCUT2D eigenvalue weighted by Crippen LogP contribution is -2.50. The number of amides is 1. The Balaban J connectivity index is 1.49. The molecule has 0 radical (unpaired) electrons. The van der Waals surface area contributed by atoms with E-state index in [4.69, 9.17) is 4.74 Å². The zero-order valence-electron chi connectivity index (χ0n) is 18.3. The molecule has 3 aromatic rings. The molecular weight excluding hydrogens is 411 g/mol. The summed E-state index contributed by atoms with van der Waals surface area (Å²) >= 11 is 0. The maximum Gasteiger partial charge on any atom is 0.410 e. The fraction of sp³-hybridized carbons (Fsp3) is 0.348. The van der Waals surface area contributed by atoms with Gasteiger partial charge in [0.1, 0.15) is 16.8 Å². The molecule has 0 spiro atoms. The standard InChI is InChI=1S/C23H25FN6O2/c1-23(2,3)32-22(31)30-10-8-29(9-11-30)20-4-5-25-15-19(20)28-14-16-12-17(24)21-18(13-16)26-6-7-27-21/h4-7,12-15H,8-11H2,1-3H3. The molecule has 1 aliphatic rings. The third-order valence-corrected chi connectivity index (χ3v) is 4.95. The molecule has 1 amide bonds. The van der Waals surface area contributed by atoms with Crippen molar-refractivity contribution in [3.05, 3.63) is 54.4 Å². The van der Waals surface area contributed by atoms with Gasteiger partial charge in [0, 0.05) is 51.0 Å². The first kappa shape index (κ1) is 21.6. The minimum Gasteiger partial charge on any atom is -0.444 e. The molecule has 8 nitrogen and oxygen atoms in total. The van der Waals surface area contributed by atoms with E-state index in [2.05, 4.69) is 24.8 Å². The molecule has 1 fully saturated rings. The topological polar surface area (TPSA) is 83.8 Å². The molecule has 4 rings (SSSR count). The number of anilines is 1. The van der Waals surface area contributed by atoms with Gasteiger partial charge in [-0.3, -0.25) is 15.0 Å². The van der Waals surface area contributed by atoms with Crippen LogP contribution in [0.15, 0.2) is 48.0 Å². The minimum atomic E-state index is -0.519. The van der Waals surface area contributed by atoms with Gasteiger partial charge in [0.05, 0.1) is 17.4 Å². The highest BCUT2D eigenvalue weighted by Gasteiger charge is 2.26. The molecule has 3 heterocycles. The number of aliphatic imine (C=N–C) groups is 1. The molecule has 32 heavy (non-hydrogen) atoms. The number of carbonyl (C=O) groups excluding carboxylic acids is 1. The SMILES string of the molecule is CC(C)(C)OC(=O)N1CCN(c2ccncc2N=Cc2cc(F)c3nccnc3c2)CC1. The van der Waals surface area contributed by atoms with Crippen molar-refractivity contribution in [1.82, 2.24) is 19.9 Å². The molecule has 1 saturated heterocycles. The summed E-state index contributed by atoms with van der Waals surface area (Å²) in [6.07, 6.45) is 7.66. The first-order valence-corrected chi connectivity index (χ1v) is 10.4. The number of carbonyl (C=O) groups is 1. The summed E-state index contributed by atoms with van der Waals surface area (Å²) in [5, 5.41) is 0. The number of ether oxygens (including phenoxy) is 1. The average molecular weight is 436 g/mol. The molecule has 0 aliphatic carbocycles. The van der Waals surface area contributed by atoms with Crippen LogP contribution in [0, 0.1) is 5.82 Å². The molecular formula is C23H25FN6O2. The third kappa shape index (κ3) is 4.99. The molecule has 0 bridgehead atoms. The fourth-order valence-corrected chi connectivity index (χ4v) is 3.47. The smallest absolute Gasteiger partial charge is 0.410 e. The Labute approximate surface area is 185 Å². The number of nitrogens with zero attached hydrogens (tertiary/aromatic N) is 6. The van der Waals surface area contributed by atoms with Gasteiger partial charge in [0.15, 0.2) is 5.82 Å². The number of hydrogen-bond acceptors (Lipinski definition) is 7. The summed E-state index contributed by atoms with van der Waals surface area (Å²) in [7, 11) is 0. The van der Waals surface area contributed by atoms with Crippen molar-refractivity contribution >= 4 is 34.7 Å². The van der Waals surface area contributed by atoms with Crippen molar-refractivity contribution in [2.24, 2.45) is 4.99 Å². The van der Waals surface area contributed by atoms with E-state index in [1.165, 1.54) is 18.5 Å². The number of pyridine rings is 1. The van der Waals surface area contributed by atoms with Gasteiger partial charge < -0.3 is 14.5 Å². The second-order valence-electron chi connectivity index (χ2n) is 8.50. The summed E-state index contributed by atoms with van der Waals surface area (Å²) in [4.78, 5) is 33.1. The van der Waals surface area contributed by atoms with Gasteiger partial charge in [0.2, 0.25) is 0 Å². The monoisotopic (exact) mass is 436 g/mol. The summed E-state index contributed by atoms with van der Waals surface area (Å²) in [6.45, 7) is 7.96. The van der Waals surface area contributed by atoms with Crippen molar-refractivity contribution in [3.63, 3.8) is 0 Å². The van der Waals surface area contributed by atoms with Crippen molar-refractivity contribution in [3.8, 4) is 0 Å². The van der Waals surface area contributed by atoms with Crippen LogP contribution in [0.25, 0.3) is 11.0 Å². The molecule has 1 aliphatic heterocycles. The van der Waals surface area contributed by atoms with Gasteiger partial charge in [-0.05, 0) is 44.5 Å². The average Bonchev–Trinajstić information content (AvgIpc) is 2.77. The van der Waals surface area contributed by atoms with Gasteiger partial charge >= 0.3 is 6.09 Å². The van der Waals surface area contributed by atoms with E-state index in [9.17, 15) is 9.18 Å². The highest BCUT2D eigenvalue weighted by molar-refractivity contribution is 5.89. The second-order valence-corrected chi connectivity index (χ2v) is 8.50. The normalized spacial score (nSPS) is 14.9. The Morgan fingerprint density at radius 3 is 2.62 bits per heavy atom. The first-order valence-electron chi connectivity index (χ1n) is 10.4. The molecule has 166 valence electrons. The Morgan fingerprint density at radius 2 is 1.88 bits per heavy atom. The number of halogens is 1. The minimum absolute atomic E-state index is 0.231. The van der Waals surface area contributed by atoms with Gasteiger partial charge in [-0.25, -0.2) is 14.2 Å². The Kier molecular flexibility index (Phi) is 5.98. The molecule has 0 unspecified atom stereocenters. The number of fused-ring (bicyclic) bond motifs is 1. The zero-order chi connectivity index (χ0) is 22.7. The van der Waals surface area contributed by atoms with Crippen LogP contribution < -0.4 is 4.90 Å². The van der Waals surface area contributed by atoms with Crippen molar-refractivity contribution in [1.29, 1.82) is 0 Å². The maximum absolute atomic E-state index is 14.3. The molecule has 0 saturated carbocycles. The number of hydrogen-bond donors (Lipinski definition) is 0. The zero-order valence-corrected chi connectivity index (χ0v) is 18.3.